The van der Waals surface area contributed by atoms with E-state index in [0.29, 0.717) is 11.4 Å². The molecule has 9 nitrogen and oxygen atoms in total. The number of likely N-dealkylation sites (tertiary alicyclic amines) is 1. The normalized spacial score (nSPS) is 13.8. The molecule has 1 aliphatic rings. The van der Waals surface area contributed by atoms with Crippen LogP contribution in [0.5, 0.6) is 5.75 Å². The second-order valence-electron chi connectivity index (χ2n) is 7.01. The molecular weight excluding hydrogens is 388 g/mol. The summed E-state index contributed by atoms with van der Waals surface area (Å²) in [5, 5.41) is 16.7. The maximum absolute atomic E-state index is 12.4. The first-order valence-electron chi connectivity index (χ1n) is 9.77. The summed E-state index contributed by atoms with van der Waals surface area (Å²) in [6, 6.07) is 10.6. The minimum atomic E-state index is -0.600. The summed E-state index contributed by atoms with van der Waals surface area (Å²) in [5.41, 5.74) is 0.992. The third-order valence-electron chi connectivity index (χ3n) is 4.93. The first-order valence-corrected chi connectivity index (χ1v) is 9.77. The molecule has 3 amide bonds. The lowest BCUT2D eigenvalue weighted by Crippen LogP contribution is -2.35. The lowest BCUT2D eigenvalue weighted by molar-refractivity contribution is -0.385. The number of nitro groups is 1. The average molecular weight is 412 g/mol. The number of hydrogen-bond acceptors (Lipinski definition) is 5. The van der Waals surface area contributed by atoms with E-state index in [-0.39, 0.29) is 23.0 Å². The molecule has 0 aliphatic carbocycles. The lowest BCUT2D eigenvalue weighted by Gasteiger charge is -2.20. The first kappa shape index (κ1) is 21.1. The summed E-state index contributed by atoms with van der Waals surface area (Å²) in [7, 11) is 1.33. The van der Waals surface area contributed by atoms with Crippen molar-refractivity contribution in [2.75, 3.05) is 30.8 Å². The van der Waals surface area contributed by atoms with Crippen molar-refractivity contribution in [1.82, 2.24) is 4.90 Å². The molecule has 1 fully saturated rings. The maximum Gasteiger partial charge on any atom is 0.321 e. The van der Waals surface area contributed by atoms with E-state index in [1.807, 2.05) is 4.90 Å². The van der Waals surface area contributed by atoms with E-state index < -0.39 is 10.8 Å². The summed E-state index contributed by atoms with van der Waals surface area (Å²) in [5.74, 6) is -0.400. The number of nitrogens with one attached hydrogen (secondary N) is 2. The fourth-order valence-corrected chi connectivity index (χ4v) is 3.29. The van der Waals surface area contributed by atoms with Gasteiger partial charge >= 0.3 is 11.7 Å². The van der Waals surface area contributed by atoms with Crippen LogP contribution in [-0.2, 0) is 0 Å². The van der Waals surface area contributed by atoms with Crippen LogP contribution in [0.25, 0.3) is 0 Å². The molecule has 9 heteroatoms. The van der Waals surface area contributed by atoms with Crippen LogP contribution in [0.2, 0.25) is 0 Å². The number of carbonyl (C=O) groups is 2. The molecule has 0 atom stereocenters. The Morgan fingerprint density at radius 3 is 2.13 bits per heavy atom. The monoisotopic (exact) mass is 412 g/mol. The second kappa shape index (κ2) is 9.73. The van der Waals surface area contributed by atoms with E-state index in [1.54, 1.807) is 24.3 Å². The van der Waals surface area contributed by atoms with Gasteiger partial charge in [-0.2, -0.15) is 0 Å². The van der Waals surface area contributed by atoms with Gasteiger partial charge in [0.05, 0.1) is 12.0 Å². The van der Waals surface area contributed by atoms with Gasteiger partial charge in [-0.1, -0.05) is 12.8 Å². The average Bonchev–Trinajstić information content (AvgIpc) is 3.04. The number of carbonyl (C=O) groups excluding carboxylic acids is 2. The quantitative estimate of drug-likeness (QED) is 0.562. The number of methoxy groups -OCH3 is 1. The highest BCUT2D eigenvalue weighted by Gasteiger charge is 2.19. The Morgan fingerprint density at radius 2 is 1.57 bits per heavy atom. The fraction of sp³-hybridized carbons (Fsp3) is 0.333. The number of benzene rings is 2. The topological polar surface area (TPSA) is 114 Å². The van der Waals surface area contributed by atoms with E-state index in [1.165, 1.54) is 25.3 Å². The Balaban J connectivity index is 1.62. The van der Waals surface area contributed by atoms with Gasteiger partial charge < -0.3 is 20.3 Å². The fourth-order valence-electron chi connectivity index (χ4n) is 3.29. The molecular formula is C21H24N4O5. The molecule has 158 valence electrons. The van der Waals surface area contributed by atoms with Crippen LogP contribution in [0, 0.1) is 10.1 Å². The first-order chi connectivity index (χ1) is 14.5. The van der Waals surface area contributed by atoms with Gasteiger partial charge in [-0.15, -0.1) is 0 Å². The predicted octanol–water partition coefficient (Wildman–Crippen LogP) is 4.26. The molecule has 2 N–H and O–H groups in total. The van der Waals surface area contributed by atoms with Crippen LogP contribution in [-0.4, -0.2) is 42.0 Å². The molecule has 1 heterocycles. The third kappa shape index (κ3) is 5.25. The van der Waals surface area contributed by atoms with Crippen molar-refractivity contribution >= 4 is 29.0 Å². The zero-order valence-corrected chi connectivity index (χ0v) is 16.7. The van der Waals surface area contributed by atoms with Crippen molar-refractivity contribution in [3.05, 3.63) is 58.1 Å². The molecule has 30 heavy (non-hydrogen) atoms. The van der Waals surface area contributed by atoms with Crippen molar-refractivity contribution in [3.63, 3.8) is 0 Å². The highest BCUT2D eigenvalue weighted by atomic mass is 16.6. The molecule has 0 aromatic heterocycles. The number of nitrogens with zero attached hydrogens (tertiary/aromatic N) is 2. The largest absolute Gasteiger partial charge is 0.490 e. The van der Waals surface area contributed by atoms with Gasteiger partial charge in [0.25, 0.3) is 5.91 Å². The smallest absolute Gasteiger partial charge is 0.321 e. The van der Waals surface area contributed by atoms with Crippen LogP contribution in [0.4, 0.5) is 21.9 Å². The zero-order chi connectivity index (χ0) is 21.5. The SMILES string of the molecule is COc1ccc(C(=O)Nc2ccc(NC(=O)N3CCCCCC3)cc2)cc1[N+](=O)[O-]. The summed E-state index contributed by atoms with van der Waals surface area (Å²) in [4.78, 5) is 37.2. The third-order valence-corrected chi connectivity index (χ3v) is 4.93. The lowest BCUT2D eigenvalue weighted by atomic mass is 10.1. The minimum Gasteiger partial charge on any atom is -0.490 e. The number of rotatable bonds is 5. The number of urea groups is 1. The van der Waals surface area contributed by atoms with Crippen LogP contribution in [0.3, 0.4) is 0 Å². The van der Waals surface area contributed by atoms with Crippen molar-refractivity contribution in [1.29, 1.82) is 0 Å². The van der Waals surface area contributed by atoms with E-state index >= 15 is 0 Å². The number of hydrogen-bond donors (Lipinski definition) is 2. The molecule has 0 bridgehead atoms. The Bertz CT molecular complexity index is 921. The Hall–Kier alpha value is -3.62. The van der Waals surface area contributed by atoms with Gasteiger partial charge in [-0.25, -0.2) is 4.79 Å². The summed E-state index contributed by atoms with van der Waals surface area (Å²) in [6.45, 7) is 1.52. The molecule has 1 aliphatic heterocycles. The molecule has 0 radical (unpaired) electrons. The van der Waals surface area contributed by atoms with Gasteiger partial charge in [-0.3, -0.25) is 14.9 Å². The van der Waals surface area contributed by atoms with Gasteiger partial charge in [0.1, 0.15) is 0 Å². The predicted molar refractivity (Wildman–Crippen MR) is 113 cm³/mol. The van der Waals surface area contributed by atoms with Crippen LogP contribution >= 0.6 is 0 Å². The summed E-state index contributed by atoms with van der Waals surface area (Å²) < 4.78 is 4.94. The Morgan fingerprint density at radius 1 is 0.967 bits per heavy atom. The number of ether oxygens (including phenoxy) is 1. The van der Waals surface area contributed by atoms with Crippen molar-refractivity contribution in [3.8, 4) is 5.75 Å². The van der Waals surface area contributed by atoms with Crippen LogP contribution in [0.1, 0.15) is 36.0 Å². The highest BCUT2D eigenvalue weighted by molar-refractivity contribution is 6.05. The van der Waals surface area contributed by atoms with Crippen LogP contribution in [0.15, 0.2) is 42.5 Å². The standard InChI is InChI=1S/C21H24N4O5/c1-30-19-11-6-15(14-18(19)25(28)29)20(26)22-16-7-9-17(10-8-16)23-21(27)24-12-4-2-3-5-13-24/h6-11,14H,2-5,12-13H2,1H3,(H,22,26)(H,23,27). The second-order valence-corrected chi connectivity index (χ2v) is 7.01. The molecule has 3 rings (SSSR count). The summed E-state index contributed by atoms with van der Waals surface area (Å²) in [6.07, 6.45) is 4.33. The molecule has 0 spiro atoms. The van der Waals surface area contributed by atoms with E-state index in [0.717, 1.165) is 38.8 Å². The zero-order valence-electron chi connectivity index (χ0n) is 16.7. The van der Waals surface area contributed by atoms with Gasteiger partial charge in [0.15, 0.2) is 5.75 Å². The number of anilines is 2. The molecule has 2 aromatic carbocycles. The molecule has 0 unspecified atom stereocenters. The van der Waals surface area contributed by atoms with Gasteiger partial charge in [0, 0.05) is 36.1 Å². The van der Waals surface area contributed by atoms with E-state index in [2.05, 4.69) is 10.6 Å². The van der Waals surface area contributed by atoms with Gasteiger partial charge in [-0.05, 0) is 49.2 Å². The molecule has 0 saturated carbocycles. The minimum absolute atomic E-state index is 0.0843. The number of nitro benzene ring substituents is 1. The summed E-state index contributed by atoms with van der Waals surface area (Å²) >= 11 is 0. The highest BCUT2D eigenvalue weighted by Crippen LogP contribution is 2.28. The Labute approximate surface area is 174 Å². The van der Waals surface area contributed by atoms with Crippen molar-refractivity contribution < 1.29 is 19.2 Å². The van der Waals surface area contributed by atoms with E-state index in [9.17, 15) is 19.7 Å². The number of amides is 3. The van der Waals surface area contributed by atoms with Crippen LogP contribution < -0.4 is 15.4 Å². The van der Waals surface area contributed by atoms with E-state index in [4.69, 9.17) is 4.74 Å². The van der Waals surface area contributed by atoms with Crippen molar-refractivity contribution in [2.45, 2.75) is 25.7 Å². The molecule has 1 saturated heterocycles. The molecule has 2 aromatic rings. The maximum atomic E-state index is 12.4. The van der Waals surface area contributed by atoms with Gasteiger partial charge in [0.2, 0.25) is 0 Å². The Kier molecular flexibility index (Phi) is 6.84. The van der Waals surface area contributed by atoms with Crippen molar-refractivity contribution in [2.24, 2.45) is 0 Å².